The molecule has 2 aromatic carbocycles. The molecule has 1 amide bonds. The highest BCUT2D eigenvalue weighted by Gasteiger charge is 2.14. The Bertz CT molecular complexity index is 843. The predicted octanol–water partition coefficient (Wildman–Crippen LogP) is 4.13. The number of halogens is 1. The van der Waals surface area contributed by atoms with Gasteiger partial charge in [0.15, 0.2) is 0 Å². The van der Waals surface area contributed by atoms with Gasteiger partial charge in [0.25, 0.3) is 5.91 Å². The molecule has 5 nitrogen and oxygen atoms in total. The molecule has 122 valence electrons. The molecule has 0 aliphatic carbocycles. The van der Waals surface area contributed by atoms with Crippen molar-refractivity contribution < 1.29 is 18.4 Å². The zero-order valence-electron chi connectivity index (χ0n) is 13.0. The number of aromatic nitrogens is 1. The van der Waals surface area contributed by atoms with Crippen molar-refractivity contribution in [2.24, 2.45) is 0 Å². The maximum absolute atomic E-state index is 13.2. The van der Waals surface area contributed by atoms with Crippen molar-refractivity contribution >= 4 is 11.6 Å². The number of rotatable bonds is 5. The van der Waals surface area contributed by atoms with Crippen LogP contribution in [-0.2, 0) is 0 Å². The highest BCUT2D eigenvalue weighted by molar-refractivity contribution is 6.02. The van der Waals surface area contributed by atoms with Crippen LogP contribution in [0.3, 0.4) is 0 Å². The smallest absolute Gasteiger partial charge is 0.294 e. The summed E-state index contributed by atoms with van der Waals surface area (Å²) in [7, 11) is 0. The molecule has 6 heteroatoms. The largest absolute Gasteiger partial charge is 0.494 e. The van der Waals surface area contributed by atoms with E-state index in [2.05, 4.69) is 10.5 Å². The normalized spacial score (nSPS) is 10.4. The van der Waals surface area contributed by atoms with Crippen LogP contribution in [0.5, 0.6) is 5.75 Å². The van der Waals surface area contributed by atoms with Crippen molar-refractivity contribution in [3.05, 3.63) is 66.2 Å². The first-order chi connectivity index (χ1) is 11.7. The van der Waals surface area contributed by atoms with Crippen LogP contribution < -0.4 is 10.1 Å². The Hall–Kier alpha value is -3.15. The Morgan fingerprint density at radius 2 is 2.00 bits per heavy atom. The van der Waals surface area contributed by atoms with E-state index < -0.39 is 5.91 Å². The average molecular weight is 326 g/mol. The van der Waals surface area contributed by atoms with Crippen molar-refractivity contribution in [1.29, 1.82) is 0 Å². The molecule has 0 radical (unpaired) electrons. The first-order valence-electron chi connectivity index (χ1n) is 7.42. The van der Waals surface area contributed by atoms with Gasteiger partial charge >= 0.3 is 0 Å². The molecule has 0 saturated heterocycles. The number of hydrogen-bond donors (Lipinski definition) is 1. The van der Waals surface area contributed by atoms with Crippen molar-refractivity contribution in [3.63, 3.8) is 0 Å². The van der Waals surface area contributed by atoms with Crippen LogP contribution in [0.2, 0.25) is 0 Å². The summed E-state index contributed by atoms with van der Waals surface area (Å²) in [6.07, 6.45) is 0. The number of nitrogens with one attached hydrogen (secondary N) is 1. The van der Waals surface area contributed by atoms with Crippen LogP contribution in [0.25, 0.3) is 11.3 Å². The number of nitrogens with zero attached hydrogens (tertiary/aromatic N) is 1. The van der Waals surface area contributed by atoms with Gasteiger partial charge in [0, 0.05) is 17.3 Å². The maximum Gasteiger partial charge on any atom is 0.294 e. The molecule has 0 saturated carbocycles. The Kier molecular flexibility index (Phi) is 4.56. The SMILES string of the molecule is CCOc1ccc(NC(=O)c2cc(-c3cccc(F)c3)no2)cc1. The lowest BCUT2D eigenvalue weighted by Gasteiger charge is -2.05. The topological polar surface area (TPSA) is 64.4 Å². The Morgan fingerprint density at radius 3 is 2.71 bits per heavy atom. The summed E-state index contributed by atoms with van der Waals surface area (Å²) < 4.78 is 23.6. The number of anilines is 1. The monoisotopic (exact) mass is 326 g/mol. The van der Waals surface area contributed by atoms with E-state index in [1.165, 1.54) is 18.2 Å². The molecule has 0 atom stereocenters. The fraction of sp³-hybridized carbons (Fsp3) is 0.111. The van der Waals surface area contributed by atoms with Crippen LogP contribution in [0.15, 0.2) is 59.1 Å². The standard InChI is InChI=1S/C18H15FN2O3/c1-2-23-15-8-6-14(7-9-15)20-18(22)17-11-16(21-24-17)12-4-3-5-13(19)10-12/h3-11H,2H2,1H3,(H,20,22). The molecule has 1 N–H and O–H groups in total. The third kappa shape index (κ3) is 3.60. The highest BCUT2D eigenvalue weighted by atomic mass is 19.1. The van der Waals surface area contributed by atoms with Crippen molar-refractivity contribution in [1.82, 2.24) is 5.16 Å². The summed E-state index contributed by atoms with van der Waals surface area (Å²) in [5, 5.41) is 6.51. The van der Waals surface area contributed by atoms with Gasteiger partial charge in [-0.1, -0.05) is 17.3 Å². The van der Waals surface area contributed by atoms with E-state index in [4.69, 9.17) is 9.26 Å². The van der Waals surface area contributed by atoms with E-state index in [0.29, 0.717) is 23.6 Å². The molecule has 24 heavy (non-hydrogen) atoms. The number of benzene rings is 2. The first kappa shape index (κ1) is 15.7. The zero-order valence-corrected chi connectivity index (χ0v) is 13.0. The van der Waals surface area contributed by atoms with Gasteiger partial charge in [-0.05, 0) is 43.3 Å². The van der Waals surface area contributed by atoms with Gasteiger partial charge in [-0.3, -0.25) is 4.79 Å². The molecule has 0 spiro atoms. The molecular formula is C18H15FN2O3. The molecule has 0 bridgehead atoms. The van der Waals surface area contributed by atoms with E-state index in [1.54, 1.807) is 36.4 Å². The van der Waals surface area contributed by atoms with Gasteiger partial charge in [-0.2, -0.15) is 0 Å². The second-order valence-corrected chi connectivity index (χ2v) is 5.00. The van der Waals surface area contributed by atoms with E-state index in [-0.39, 0.29) is 11.6 Å². The number of hydrogen-bond acceptors (Lipinski definition) is 4. The summed E-state index contributed by atoms with van der Waals surface area (Å²) in [6, 6.07) is 14.4. The first-order valence-corrected chi connectivity index (χ1v) is 7.42. The highest BCUT2D eigenvalue weighted by Crippen LogP contribution is 2.21. The lowest BCUT2D eigenvalue weighted by molar-refractivity contribution is 0.0988. The predicted molar refractivity (Wildman–Crippen MR) is 87.5 cm³/mol. The molecule has 0 unspecified atom stereocenters. The van der Waals surface area contributed by atoms with Crippen LogP contribution in [-0.4, -0.2) is 17.7 Å². The van der Waals surface area contributed by atoms with Gasteiger partial charge in [0.05, 0.1) is 6.61 Å². The molecular weight excluding hydrogens is 311 g/mol. The maximum atomic E-state index is 13.2. The summed E-state index contributed by atoms with van der Waals surface area (Å²) in [5.74, 6) is -0.0445. The Morgan fingerprint density at radius 1 is 1.21 bits per heavy atom. The zero-order chi connectivity index (χ0) is 16.9. The number of ether oxygens (including phenoxy) is 1. The summed E-state index contributed by atoms with van der Waals surface area (Å²) in [6.45, 7) is 2.47. The summed E-state index contributed by atoms with van der Waals surface area (Å²) in [4.78, 5) is 12.2. The molecule has 1 heterocycles. The fourth-order valence-electron chi connectivity index (χ4n) is 2.16. The van der Waals surface area contributed by atoms with Gasteiger partial charge in [0.1, 0.15) is 17.3 Å². The Balaban J connectivity index is 1.71. The average Bonchev–Trinajstić information content (AvgIpc) is 3.07. The minimum Gasteiger partial charge on any atom is -0.494 e. The van der Waals surface area contributed by atoms with Crippen LogP contribution in [0.1, 0.15) is 17.5 Å². The van der Waals surface area contributed by atoms with Crippen molar-refractivity contribution in [3.8, 4) is 17.0 Å². The van der Waals surface area contributed by atoms with Crippen LogP contribution in [0, 0.1) is 5.82 Å². The van der Waals surface area contributed by atoms with Crippen LogP contribution in [0.4, 0.5) is 10.1 Å². The Labute approximate surface area is 138 Å². The molecule has 3 rings (SSSR count). The number of carbonyl (C=O) groups is 1. The van der Waals surface area contributed by atoms with Gasteiger partial charge in [-0.15, -0.1) is 0 Å². The van der Waals surface area contributed by atoms with Gasteiger partial charge in [-0.25, -0.2) is 4.39 Å². The number of amides is 1. The van der Waals surface area contributed by atoms with Gasteiger partial charge < -0.3 is 14.6 Å². The lowest BCUT2D eigenvalue weighted by atomic mass is 10.1. The molecule has 1 aromatic heterocycles. The van der Waals surface area contributed by atoms with E-state index in [9.17, 15) is 9.18 Å². The molecule has 0 fully saturated rings. The van der Waals surface area contributed by atoms with E-state index in [0.717, 1.165) is 5.75 Å². The second kappa shape index (κ2) is 6.95. The molecule has 3 aromatic rings. The summed E-state index contributed by atoms with van der Waals surface area (Å²) >= 11 is 0. The minimum atomic E-state index is -0.436. The fourth-order valence-corrected chi connectivity index (χ4v) is 2.16. The van der Waals surface area contributed by atoms with Crippen molar-refractivity contribution in [2.75, 3.05) is 11.9 Å². The van der Waals surface area contributed by atoms with E-state index >= 15 is 0 Å². The molecule has 0 aliphatic heterocycles. The summed E-state index contributed by atoms with van der Waals surface area (Å²) in [5.41, 5.74) is 1.54. The quantitative estimate of drug-likeness (QED) is 0.765. The van der Waals surface area contributed by atoms with Crippen LogP contribution >= 0.6 is 0 Å². The minimum absolute atomic E-state index is 0.0446. The second-order valence-electron chi connectivity index (χ2n) is 5.00. The third-order valence-electron chi connectivity index (χ3n) is 3.28. The lowest BCUT2D eigenvalue weighted by Crippen LogP contribution is -2.10. The van der Waals surface area contributed by atoms with Gasteiger partial charge in [0.2, 0.25) is 5.76 Å². The third-order valence-corrected chi connectivity index (χ3v) is 3.28. The van der Waals surface area contributed by atoms with E-state index in [1.807, 2.05) is 6.92 Å². The number of carbonyl (C=O) groups excluding carboxylic acids is 1. The molecule has 0 aliphatic rings. The van der Waals surface area contributed by atoms with Crippen molar-refractivity contribution in [2.45, 2.75) is 6.92 Å².